The van der Waals surface area contributed by atoms with Crippen molar-refractivity contribution in [1.29, 1.82) is 0 Å². The minimum atomic E-state index is -0.742. The van der Waals surface area contributed by atoms with Gasteiger partial charge >= 0.3 is 0 Å². The smallest absolute Gasteiger partial charge is 0.272 e. The monoisotopic (exact) mass is 1090 g/mol. The summed E-state index contributed by atoms with van der Waals surface area (Å²) in [6.07, 6.45) is 11.1. The number of benzene rings is 3. The van der Waals surface area contributed by atoms with Gasteiger partial charge in [0.2, 0.25) is 17.7 Å². The number of carbonyl (C=O) groups is 6. The molecular formula is C59H80F2N10O8. The largest absolute Gasteiger partial charge is 0.375 e. The second-order valence-electron chi connectivity index (χ2n) is 21.7. The van der Waals surface area contributed by atoms with Crippen LogP contribution in [0.5, 0.6) is 0 Å². The van der Waals surface area contributed by atoms with Crippen LogP contribution in [0.3, 0.4) is 0 Å². The number of ether oxygens (including phenoxy) is 1. The van der Waals surface area contributed by atoms with E-state index in [9.17, 15) is 28.8 Å². The molecule has 0 bridgehead atoms. The fourth-order valence-electron chi connectivity index (χ4n) is 11.6. The van der Waals surface area contributed by atoms with Gasteiger partial charge in [-0.25, -0.2) is 13.9 Å². The van der Waals surface area contributed by atoms with E-state index in [0.29, 0.717) is 112 Å². The fourth-order valence-corrected chi connectivity index (χ4v) is 11.6. The number of halogens is 2. The molecule has 1 unspecified atom stereocenters. The molecule has 18 nitrogen and oxygen atoms in total. The number of hydrogen-bond donors (Lipinski definition) is 3. The number of amides is 5. The van der Waals surface area contributed by atoms with Crippen LogP contribution in [0.4, 0.5) is 14.5 Å². The molecule has 2 saturated carbocycles. The zero-order valence-electron chi connectivity index (χ0n) is 46.1. The third-order valence-corrected chi connectivity index (χ3v) is 16.1. The van der Waals surface area contributed by atoms with Gasteiger partial charge in [0.15, 0.2) is 0 Å². The fraction of sp³-hybridized carbons (Fsp3) is 0.559. The Morgan fingerprint density at radius 3 is 1.92 bits per heavy atom. The van der Waals surface area contributed by atoms with Gasteiger partial charge in [0.05, 0.1) is 41.0 Å². The van der Waals surface area contributed by atoms with E-state index in [4.69, 9.17) is 9.53 Å². The molecule has 5 N–H and O–H groups in total. The first-order valence-corrected chi connectivity index (χ1v) is 28.3. The lowest BCUT2D eigenvalue weighted by molar-refractivity contribution is -0.140. The van der Waals surface area contributed by atoms with Gasteiger partial charge in [-0.05, 0) is 99.2 Å². The SMILES string of the molecule is C=O.CCC.N.O=C(NC(C(=O)N1CCC(OC2CCN(CC(=O)N3CCN(C(=O)c4cc(Cc5n[nH]c(=O)c6ccccc56)ccc4F)CC3)CC2)CC1)C1CCCCC1)c1ccc(N2CCN(C(=O)C3CC3)CC2)cc1F. The van der Waals surface area contributed by atoms with Crippen molar-refractivity contribution in [2.75, 3.05) is 90.0 Å². The zero-order chi connectivity index (χ0) is 55.3. The molecule has 1 aromatic heterocycles. The molecule has 79 heavy (non-hydrogen) atoms. The number of hydrogen-bond acceptors (Lipinski definition) is 12. The van der Waals surface area contributed by atoms with Gasteiger partial charge in [0, 0.05) is 102 Å². The van der Waals surface area contributed by atoms with Crippen LogP contribution in [0.15, 0.2) is 65.5 Å². The first-order valence-electron chi connectivity index (χ1n) is 28.3. The van der Waals surface area contributed by atoms with E-state index < -0.39 is 29.5 Å². The highest BCUT2D eigenvalue weighted by atomic mass is 19.1. The number of piperazine rings is 2. The minimum absolute atomic E-state index is 0. The molecule has 5 heterocycles. The third-order valence-electron chi connectivity index (χ3n) is 16.1. The third kappa shape index (κ3) is 15.2. The summed E-state index contributed by atoms with van der Waals surface area (Å²) in [6.45, 7) is 12.6. The Labute approximate surface area is 462 Å². The Morgan fingerprint density at radius 1 is 0.684 bits per heavy atom. The summed E-state index contributed by atoms with van der Waals surface area (Å²) in [7, 11) is 0. The number of aromatic amines is 1. The highest BCUT2D eigenvalue weighted by Gasteiger charge is 2.38. The van der Waals surface area contributed by atoms with Crippen molar-refractivity contribution in [1.82, 2.24) is 46.2 Å². The van der Waals surface area contributed by atoms with Crippen molar-refractivity contribution in [2.45, 2.75) is 116 Å². The summed E-state index contributed by atoms with van der Waals surface area (Å²) >= 11 is 0. The summed E-state index contributed by atoms with van der Waals surface area (Å²) in [6, 6.07) is 15.5. The maximum absolute atomic E-state index is 15.7. The number of H-pyrrole nitrogens is 1. The molecule has 6 fully saturated rings. The normalized spacial score (nSPS) is 19.1. The number of rotatable bonds is 13. The zero-order valence-corrected chi connectivity index (χ0v) is 46.1. The molecule has 4 aliphatic heterocycles. The van der Waals surface area contributed by atoms with Crippen LogP contribution < -0.4 is 21.9 Å². The highest BCUT2D eigenvalue weighted by Crippen LogP contribution is 2.33. The van der Waals surface area contributed by atoms with Crippen molar-refractivity contribution in [3.8, 4) is 0 Å². The molecule has 2 aliphatic carbocycles. The molecule has 1 atom stereocenters. The lowest BCUT2D eigenvalue weighted by Gasteiger charge is -2.40. The van der Waals surface area contributed by atoms with Crippen molar-refractivity contribution in [2.24, 2.45) is 11.8 Å². The number of aromatic nitrogens is 2. The van der Waals surface area contributed by atoms with E-state index in [1.165, 1.54) is 24.6 Å². The van der Waals surface area contributed by atoms with Crippen LogP contribution in [-0.4, -0.2) is 174 Å². The number of anilines is 1. The molecule has 4 saturated heterocycles. The molecule has 10 rings (SSSR count). The Kier molecular flexibility index (Phi) is 21.6. The van der Waals surface area contributed by atoms with Crippen LogP contribution in [0.25, 0.3) is 10.8 Å². The quantitative estimate of drug-likeness (QED) is 0.133. The van der Waals surface area contributed by atoms with Gasteiger partial charge in [-0.3, -0.25) is 33.7 Å². The van der Waals surface area contributed by atoms with Crippen LogP contribution in [0.2, 0.25) is 0 Å². The van der Waals surface area contributed by atoms with E-state index in [1.54, 1.807) is 40.1 Å². The number of nitrogens with one attached hydrogen (secondary N) is 2. The van der Waals surface area contributed by atoms with Gasteiger partial charge in [-0.1, -0.05) is 63.8 Å². The average molecular weight is 1100 g/mol. The first-order chi connectivity index (χ1) is 37.9. The Hall–Kier alpha value is -6.64. The van der Waals surface area contributed by atoms with Crippen LogP contribution in [-0.2, 0) is 30.3 Å². The average Bonchev–Trinajstić information content (AvgIpc) is 4.37. The maximum atomic E-state index is 15.7. The van der Waals surface area contributed by atoms with E-state index in [1.807, 2.05) is 33.6 Å². The van der Waals surface area contributed by atoms with Gasteiger partial charge in [-0.15, -0.1) is 0 Å². The molecule has 0 spiro atoms. The highest BCUT2D eigenvalue weighted by molar-refractivity contribution is 5.98. The van der Waals surface area contributed by atoms with E-state index in [2.05, 4.69) is 34.3 Å². The summed E-state index contributed by atoms with van der Waals surface area (Å²) in [4.78, 5) is 99.1. The lowest BCUT2D eigenvalue weighted by Crippen LogP contribution is -2.55. The van der Waals surface area contributed by atoms with Crippen molar-refractivity contribution >= 4 is 52.8 Å². The number of nitrogens with zero attached hydrogens (tertiary/aromatic N) is 7. The molecular weight excluding hydrogens is 1010 g/mol. The summed E-state index contributed by atoms with van der Waals surface area (Å²) in [5, 5.41) is 10.9. The molecule has 3 aromatic carbocycles. The lowest BCUT2D eigenvalue weighted by atomic mass is 9.83. The second-order valence-corrected chi connectivity index (χ2v) is 21.7. The van der Waals surface area contributed by atoms with Crippen molar-refractivity contribution < 1.29 is 42.3 Å². The van der Waals surface area contributed by atoms with Crippen LogP contribution in [0.1, 0.15) is 123 Å². The minimum Gasteiger partial charge on any atom is -0.375 e. The van der Waals surface area contributed by atoms with Crippen molar-refractivity contribution in [3.05, 3.63) is 105 Å². The van der Waals surface area contributed by atoms with Gasteiger partial charge in [0.1, 0.15) is 24.5 Å². The number of fused-ring (bicyclic) bond motifs is 1. The molecule has 6 aliphatic rings. The summed E-state index contributed by atoms with van der Waals surface area (Å²) < 4.78 is 37.4. The van der Waals surface area contributed by atoms with Crippen molar-refractivity contribution in [3.63, 3.8) is 0 Å². The standard InChI is InChI=1S/C55H67F2N9O7.C3H8.CH2O.H3N/c56-46-15-10-36(33-48-42-8-4-5-9-43(42)52(69)60-59-48)32-45(46)54(71)66-30-26-63(27-31-66)49(67)35-61-20-16-40(17-21-61)73-41-18-22-64(23-19-41)55(72)50(37-6-2-1-3-7-37)58-51(68)44-14-13-39(34-47(44)57)62-24-28-65(29-25-62)53(70)38-11-12-38;1-3-2;1-2;/h4-5,8-10,13-15,32,34,37-38,40-41,50H,1-3,6-7,11-12,16-31,33,35H2,(H,58,68)(H,60,69);3H2,1-2H3;1H2;1H3. The molecule has 0 radical (unpaired) electrons. The molecule has 428 valence electrons. The topological polar surface area (TPSA) is 224 Å². The maximum Gasteiger partial charge on any atom is 0.272 e. The Bertz CT molecular complexity index is 2780. The van der Waals surface area contributed by atoms with Crippen LogP contribution >= 0.6 is 0 Å². The molecule has 4 aromatic rings. The van der Waals surface area contributed by atoms with E-state index in [0.717, 1.165) is 57.8 Å². The number of likely N-dealkylation sites (tertiary alicyclic amines) is 2. The summed E-state index contributed by atoms with van der Waals surface area (Å²) in [5.74, 6) is -2.03. The van der Waals surface area contributed by atoms with E-state index >= 15 is 8.78 Å². The predicted molar refractivity (Wildman–Crippen MR) is 298 cm³/mol. The van der Waals surface area contributed by atoms with E-state index in [-0.39, 0.29) is 84.2 Å². The number of piperidine rings is 2. The predicted octanol–water partition coefficient (Wildman–Crippen LogP) is 6.38. The van der Waals surface area contributed by atoms with Gasteiger partial charge < -0.3 is 45.5 Å². The first kappa shape index (κ1) is 60.0. The Morgan fingerprint density at radius 2 is 1.29 bits per heavy atom. The second kappa shape index (κ2) is 28.5. The van der Waals surface area contributed by atoms with Crippen LogP contribution in [0, 0.1) is 23.5 Å². The Balaban J connectivity index is 0.00000146. The summed E-state index contributed by atoms with van der Waals surface area (Å²) in [5.41, 5.74) is 1.55. The molecule has 20 heteroatoms. The number of carbonyl (C=O) groups excluding carboxylic acids is 6. The van der Waals surface area contributed by atoms with Gasteiger partial charge in [0.25, 0.3) is 17.4 Å². The molecule has 5 amide bonds. The van der Waals surface area contributed by atoms with Gasteiger partial charge in [-0.2, -0.15) is 5.10 Å².